The molecule has 0 amide bonds. The average Bonchev–Trinajstić information content (AvgIpc) is 2.73. The van der Waals surface area contributed by atoms with E-state index in [2.05, 4.69) is 4.90 Å². The summed E-state index contributed by atoms with van der Waals surface area (Å²) in [4.78, 5) is 2.45. The van der Waals surface area contributed by atoms with Crippen LogP contribution in [0.5, 0.6) is 5.75 Å². The summed E-state index contributed by atoms with van der Waals surface area (Å²) in [7, 11) is 0. The fraction of sp³-hybridized carbons (Fsp3) is 0.600. The van der Waals surface area contributed by atoms with Gasteiger partial charge in [0.15, 0.2) is 0 Å². The SMILES string of the molecule is NCc1ccc(OCCCN2CCCOCC2)cc1. The van der Waals surface area contributed by atoms with Crippen LogP contribution in [0.2, 0.25) is 0 Å². The molecule has 0 bridgehead atoms. The Morgan fingerprint density at radius 1 is 1.16 bits per heavy atom. The second-order valence-corrected chi connectivity index (χ2v) is 4.86. The van der Waals surface area contributed by atoms with Crippen molar-refractivity contribution in [2.45, 2.75) is 19.4 Å². The third-order valence-electron chi connectivity index (χ3n) is 3.36. The molecule has 106 valence electrons. The van der Waals surface area contributed by atoms with Crippen molar-refractivity contribution in [2.24, 2.45) is 5.73 Å². The van der Waals surface area contributed by atoms with Gasteiger partial charge in [0.2, 0.25) is 0 Å². The van der Waals surface area contributed by atoms with Gasteiger partial charge in [-0.25, -0.2) is 0 Å². The highest BCUT2D eigenvalue weighted by Gasteiger charge is 2.08. The zero-order chi connectivity index (χ0) is 13.3. The first kappa shape index (κ1) is 14.3. The van der Waals surface area contributed by atoms with E-state index in [1.807, 2.05) is 24.3 Å². The van der Waals surface area contributed by atoms with E-state index in [1.165, 1.54) is 0 Å². The topological polar surface area (TPSA) is 47.7 Å². The van der Waals surface area contributed by atoms with Crippen LogP contribution in [0.3, 0.4) is 0 Å². The highest BCUT2D eigenvalue weighted by atomic mass is 16.5. The molecule has 4 nitrogen and oxygen atoms in total. The molecule has 2 rings (SSSR count). The van der Waals surface area contributed by atoms with Gasteiger partial charge in [-0.15, -0.1) is 0 Å². The summed E-state index contributed by atoms with van der Waals surface area (Å²) in [5.41, 5.74) is 6.70. The van der Waals surface area contributed by atoms with E-state index in [1.54, 1.807) is 0 Å². The lowest BCUT2D eigenvalue weighted by atomic mass is 10.2. The van der Waals surface area contributed by atoms with E-state index < -0.39 is 0 Å². The van der Waals surface area contributed by atoms with Gasteiger partial charge in [-0.1, -0.05) is 12.1 Å². The summed E-state index contributed by atoms with van der Waals surface area (Å²) >= 11 is 0. The summed E-state index contributed by atoms with van der Waals surface area (Å²) in [6, 6.07) is 8.01. The van der Waals surface area contributed by atoms with Gasteiger partial charge in [-0.05, 0) is 30.5 Å². The minimum absolute atomic E-state index is 0.581. The molecule has 19 heavy (non-hydrogen) atoms. The van der Waals surface area contributed by atoms with Crippen LogP contribution in [0.1, 0.15) is 18.4 Å². The number of hydrogen-bond acceptors (Lipinski definition) is 4. The molecule has 0 radical (unpaired) electrons. The zero-order valence-corrected chi connectivity index (χ0v) is 11.5. The predicted octanol–water partition coefficient (Wildman–Crippen LogP) is 1.64. The number of nitrogens with zero attached hydrogens (tertiary/aromatic N) is 1. The molecule has 1 aliphatic heterocycles. The van der Waals surface area contributed by atoms with Crippen molar-refractivity contribution >= 4 is 0 Å². The van der Waals surface area contributed by atoms with E-state index in [4.69, 9.17) is 15.2 Å². The Balaban J connectivity index is 1.62. The lowest BCUT2D eigenvalue weighted by Crippen LogP contribution is -2.28. The minimum Gasteiger partial charge on any atom is -0.494 e. The first-order valence-corrected chi connectivity index (χ1v) is 7.10. The molecule has 0 aliphatic carbocycles. The smallest absolute Gasteiger partial charge is 0.119 e. The molecular formula is C15H24N2O2. The van der Waals surface area contributed by atoms with Gasteiger partial charge in [0, 0.05) is 32.8 Å². The molecule has 1 heterocycles. The van der Waals surface area contributed by atoms with Gasteiger partial charge in [0.25, 0.3) is 0 Å². The second-order valence-electron chi connectivity index (χ2n) is 4.86. The normalized spacial score (nSPS) is 17.1. The van der Waals surface area contributed by atoms with E-state index >= 15 is 0 Å². The Morgan fingerprint density at radius 2 is 2.00 bits per heavy atom. The van der Waals surface area contributed by atoms with Crippen LogP contribution >= 0.6 is 0 Å². The maximum Gasteiger partial charge on any atom is 0.119 e. The zero-order valence-electron chi connectivity index (χ0n) is 11.5. The summed E-state index contributed by atoms with van der Waals surface area (Å²) in [6.45, 7) is 6.39. The Bertz CT molecular complexity index is 346. The van der Waals surface area contributed by atoms with Crippen LogP contribution in [0.25, 0.3) is 0 Å². The molecule has 1 aromatic carbocycles. The van der Waals surface area contributed by atoms with Crippen molar-refractivity contribution in [3.8, 4) is 5.75 Å². The van der Waals surface area contributed by atoms with E-state index in [0.29, 0.717) is 6.54 Å². The fourth-order valence-corrected chi connectivity index (χ4v) is 2.22. The highest BCUT2D eigenvalue weighted by molar-refractivity contribution is 5.26. The van der Waals surface area contributed by atoms with Gasteiger partial charge in [0.05, 0.1) is 13.2 Å². The lowest BCUT2D eigenvalue weighted by molar-refractivity contribution is 0.140. The van der Waals surface area contributed by atoms with Crippen LogP contribution in [0.4, 0.5) is 0 Å². The van der Waals surface area contributed by atoms with Gasteiger partial charge in [-0.2, -0.15) is 0 Å². The maximum absolute atomic E-state index is 5.73. The molecule has 1 aliphatic rings. The molecule has 0 aromatic heterocycles. The average molecular weight is 264 g/mol. The van der Waals surface area contributed by atoms with Gasteiger partial charge < -0.3 is 20.1 Å². The molecule has 1 fully saturated rings. The molecule has 1 aromatic rings. The third kappa shape index (κ3) is 5.19. The molecule has 1 saturated heterocycles. The van der Waals surface area contributed by atoms with Crippen molar-refractivity contribution in [1.29, 1.82) is 0 Å². The number of rotatable bonds is 6. The Morgan fingerprint density at radius 3 is 2.79 bits per heavy atom. The molecule has 0 atom stereocenters. The van der Waals surface area contributed by atoms with Crippen molar-refractivity contribution in [3.63, 3.8) is 0 Å². The summed E-state index contributed by atoms with van der Waals surface area (Å²) < 4.78 is 11.2. The first-order valence-electron chi connectivity index (χ1n) is 7.10. The van der Waals surface area contributed by atoms with Crippen LogP contribution < -0.4 is 10.5 Å². The monoisotopic (exact) mass is 264 g/mol. The van der Waals surface area contributed by atoms with Crippen LogP contribution in [0.15, 0.2) is 24.3 Å². The second kappa shape index (κ2) is 8.15. The van der Waals surface area contributed by atoms with E-state index in [0.717, 1.165) is 63.6 Å². The molecule has 0 spiro atoms. The number of benzene rings is 1. The maximum atomic E-state index is 5.73. The minimum atomic E-state index is 0.581. The quantitative estimate of drug-likeness (QED) is 0.794. The molecule has 0 unspecified atom stereocenters. The summed E-state index contributed by atoms with van der Waals surface area (Å²) in [6.07, 6.45) is 2.19. The van der Waals surface area contributed by atoms with E-state index in [9.17, 15) is 0 Å². The predicted molar refractivity (Wildman–Crippen MR) is 76.3 cm³/mol. The molecular weight excluding hydrogens is 240 g/mol. The third-order valence-corrected chi connectivity index (χ3v) is 3.36. The van der Waals surface area contributed by atoms with Crippen LogP contribution in [-0.4, -0.2) is 44.4 Å². The number of nitrogens with two attached hydrogens (primary N) is 1. The molecule has 2 N–H and O–H groups in total. The Labute approximate surface area is 115 Å². The largest absolute Gasteiger partial charge is 0.494 e. The fourth-order valence-electron chi connectivity index (χ4n) is 2.22. The van der Waals surface area contributed by atoms with Crippen molar-refractivity contribution in [1.82, 2.24) is 4.90 Å². The van der Waals surface area contributed by atoms with Crippen molar-refractivity contribution < 1.29 is 9.47 Å². The first-order chi connectivity index (χ1) is 9.38. The number of hydrogen-bond donors (Lipinski definition) is 1. The summed E-state index contributed by atoms with van der Waals surface area (Å²) in [5.74, 6) is 0.927. The highest BCUT2D eigenvalue weighted by Crippen LogP contribution is 2.12. The van der Waals surface area contributed by atoms with Crippen molar-refractivity contribution in [3.05, 3.63) is 29.8 Å². The Kier molecular flexibility index (Phi) is 6.14. The molecule has 0 saturated carbocycles. The Hall–Kier alpha value is -1.10. The lowest BCUT2D eigenvalue weighted by Gasteiger charge is -2.18. The standard InChI is InChI=1S/C15H24N2O2/c16-13-14-3-5-15(6-4-14)19-11-2-8-17-7-1-10-18-12-9-17/h3-6H,1-2,7-13,16H2. The van der Waals surface area contributed by atoms with Gasteiger partial charge in [-0.3, -0.25) is 0 Å². The van der Waals surface area contributed by atoms with E-state index in [-0.39, 0.29) is 0 Å². The van der Waals surface area contributed by atoms with Crippen LogP contribution in [-0.2, 0) is 11.3 Å². The number of ether oxygens (including phenoxy) is 2. The van der Waals surface area contributed by atoms with Crippen LogP contribution in [0, 0.1) is 0 Å². The summed E-state index contributed by atoms with van der Waals surface area (Å²) in [5, 5.41) is 0. The van der Waals surface area contributed by atoms with Gasteiger partial charge in [0.1, 0.15) is 5.75 Å². The molecule has 4 heteroatoms. The van der Waals surface area contributed by atoms with Crippen molar-refractivity contribution in [2.75, 3.05) is 39.5 Å². The van der Waals surface area contributed by atoms with Gasteiger partial charge >= 0.3 is 0 Å².